The predicted octanol–water partition coefficient (Wildman–Crippen LogP) is 1.58. The number of rotatable bonds is 7. The van der Waals surface area contributed by atoms with E-state index in [1.165, 1.54) is 0 Å². The van der Waals surface area contributed by atoms with Crippen LogP contribution in [0.3, 0.4) is 0 Å². The fourth-order valence-corrected chi connectivity index (χ4v) is 1.83. The van der Waals surface area contributed by atoms with Crippen LogP contribution in [0, 0.1) is 0 Å². The molecule has 0 fully saturated rings. The topological polar surface area (TPSA) is 60.2 Å². The lowest BCUT2D eigenvalue weighted by Gasteiger charge is -2.09. The van der Waals surface area contributed by atoms with Crippen LogP contribution in [0.2, 0.25) is 0 Å². The third kappa shape index (κ3) is 3.58. The molecular weight excluding hydrogens is 268 g/mol. The van der Waals surface area contributed by atoms with E-state index in [-0.39, 0.29) is 13.2 Å². The summed E-state index contributed by atoms with van der Waals surface area (Å²) in [5.74, 6) is 0.967. The molecule has 0 atom stereocenters. The zero-order valence-electron chi connectivity index (χ0n) is 10.7. The number of hydrogen-bond acceptors (Lipinski definition) is 4. The first kappa shape index (κ1) is 14.5. The summed E-state index contributed by atoms with van der Waals surface area (Å²) in [5, 5.41) is 17.1. The van der Waals surface area contributed by atoms with Crippen molar-refractivity contribution in [2.24, 2.45) is 0 Å². The van der Waals surface area contributed by atoms with Gasteiger partial charge in [0.25, 0.3) is 6.43 Å². The summed E-state index contributed by atoms with van der Waals surface area (Å²) in [6, 6.07) is 9.29. The third-order valence-electron chi connectivity index (χ3n) is 2.67. The summed E-state index contributed by atoms with van der Waals surface area (Å²) in [7, 11) is 0. The fraction of sp³-hybridized carbons (Fsp3) is 0.385. The van der Waals surface area contributed by atoms with E-state index in [9.17, 15) is 13.9 Å². The molecule has 0 bridgehead atoms. The molecule has 0 aliphatic carbocycles. The number of ether oxygens (including phenoxy) is 1. The number of nitrogens with zero attached hydrogens (tertiary/aromatic N) is 3. The molecule has 20 heavy (non-hydrogen) atoms. The first-order chi connectivity index (χ1) is 9.72. The molecule has 7 heteroatoms. The quantitative estimate of drug-likeness (QED) is 0.784. The summed E-state index contributed by atoms with van der Waals surface area (Å²) in [5.41, 5.74) is 0.811. The molecule has 0 amide bonds. The normalized spacial score (nSPS) is 11.2. The Morgan fingerprint density at radius 1 is 1.15 bits per heavy atom. The monoisotopic (exact) mass is 283 g/mol. The van der Waals surface area contributed by atoms with E-state index in [2.05, 4.69) is 10.2 Å². The predicted molar refractivity (Wildman–Crippen MR) is 67.8 cm³/mol. The summed E-state index contributed by atoms with van der Waals surface area (Å²) < 4.78 is 30.5. The van der Waals surface area contributed by atoms with Crippen LogP contribution in [-0.2, 0) is 17.8 Å². The van der Waals surface area contributed by atoms with Gasteiger partial charge in [-0.2, -0.15) is 0 Å². The minimum absolute atomic E-state index is 0.126. The van der Waals surface area contributed by atoms with Gasteiger partial charge in [-0.25, -0.2) is 8.78 Å². The molecule has 0 saturated heterocycles. The van der Waals surface area contributed by atoms with Crippen molar-refractivity contribution >= 4 is 0 Å². The van der Waals surface area contributed by atoms with Crippen LogP contribution in [0.1, 0.15) is 11.6 Å². The van der Waals surface area contributed by atoms with Crippen LogP contribution in [-0.4, -0.2) is 39.5 Å². The van der Waals surface area contributed by atoms with E-state index >= 15 is 0 Å². The Kier molecular flexibility index (Phi) is 5.14. The molecule has 108 valence electrons. The Labute approximate surface area is 114 Å². The van der Waals surface area contributed by atoms with Crippen LogP contribution in [0.4, 0.5) is 8.78 Å². The van der Waals surface area contributed by atoms with Gasteiger partial charge in [0.05, 0.1) is 6.61 Å². The van der Waals surface area contributed by atoms with E-state index in [0.29, 0.717) is 18.1 Å². The first-order valence-corrected chi connectivity index (χ1v) is 6.17. The molecule has 2 rings (SSSR count). The zero-order valence-corrected chi connectivity index (χ0v) is 10.7. The van der Waals surface area contributed by atoms with E-state index in [0.717, 1.165) is 5.69 Å². The molecule has 0 unspecified atom stereocenters. The maximum absolute atomic E-state index is 12.0. The van der Waals surface area contributed by atoms with E-state index < -0.39 is 13.0 Å². The van der Waals surface area contributed by atoms with Crippen molar-refractivity contribution in [2.75, 3.05) is 13.2 Å². The van der Waals surface area contributed by atoms with Crippen LogP contribution in [0.25, 0.3) is 5.69 Å². The summed E-state index contributed by atoms with van der Waals surface area (Å²) in [6.07, 6.45) is -2.13. The van der Waals surface area contributed by atoms with Gasteiger partial charge in [0, 0.05) is 12.1 Å². The maximum atomic E-state index is 12.0. The van der Waals surface area contributed by atoms with Crippen molar-refractivity contribution in [3.05, 3.63) is 42.0 Å². The molecule has 0 aliphatic heterocycles. The first-order valence-electron chi connectivity index (χ1n) is 6.17. The van der Waals surface area contributed by atoms with Gasteiger partial charge in [-0.05, 0) is 12.1 Å². The average molecular weight is 283 g/mol. The number of hydrogen-bond donors (Lipinski definition) is 1. The summed E-state index contributed by atoms with van der Waals surface area (Å²) >= 11 is 0. The second kappa shape index (κ2) is 7.06. The minimum Gasteiger partial charge on any atom is -0.388 e. The smallest absolute Gasteiger partial charge is 0.261 e. The zero-order chi connectivity index (χ0) is 14.4. The van der Waals surface area contributed by atoms with E-state index in [1.807, 2.05) is 30.3 Å². The average Bonchev–Trinajstić information content (AvgIpc) is 2.87. The Bertz CT molecular complexity index is 532. The number of aromatic nitrogens is 3. The van der Waals surface area contributed by atoms with Gasteiger partial charge in [-0.1, -0.05) is 18.2 Å². The minimum atomic E-state index is -2.48. The van der Waals surface area contributed by atoms with Crippen molar-refractivity contribution in [2.45, 2.75) is 19.5 Å². The van der Waals surface area contributed by atoms with Gasteiger partial charge in [0.1, 0.15) is 19.0 Å². The Hall–Kier alpha value is -1.86. The van der Waals surface area contributed by atoms with Crippen molar-refractivity contribution in [1.82, 2.24) is 14.8 Å². The van der Waals surface area contributed by atoms with Gasteiger partial charge in [-0.15, -0.1) is 10.2 Å². The number of aliphatic hydroxyl groups is 1. The molecule has 1 aromatic heterocycles. The molecule has 0 saturated carbocycles. The SMILES string of the molecule is OCc1nnc(CCOCC(F)F)n1-c1ccccc1. The number of benzene rings is 1. The highest BCUT2D eigenvalue weighted by Gasteiger charge is 2.13. The van der Waals surface area contributed by atoms with Gasteiger partial charge in [0.15, 0.2) is 5.82 Å². The van der Waals surface area contributed by atoms with Crippen LogP contribution in [0.15, 0.2) is 30.3 Å². The van der Waals surface area contributed by atoms with Crippen LogP contribution in [0.5, 0.6) is 0 Å². The molecular formula is C13H15F2N3O2. The standard InChI is InChI=1S/C13H15F2N3O2/c14-11(15)9-20-7-6-12-16-17-13(8-19)18(12)10-4-2-1-3-5-10/h1-5,11,19H,6-9H2. The third-order valence-corrected chi connectivity index (χ3v) is 2.67. The second-order valence-electron chi connectivity index (χ2n) is 4.08. The molecule has 1 aromatic carbocycles. The highest BCUT2D eigenvalue weighted by molar-refractivity contribution is 5.33. The van der Waals surface area contributed by atoms with Gasteiger partial charge < -0.3 is 9.84 Å². The van der Waals surface area contributed by atoms with Crippen LogP contribution >= 0.6 is 0 Å². The molecule has 0 aliphatic rings. The highest BCUT2D eigenvalue weighted by atomic mass is 19.3. The number of alkyl halides is 2. The van der Waals surface area contributed by atoms with Crippen molar-refractivity contribution in [3.63, 3.8) is 0 Å². The van der Waals surface area contributed by atoms with Gasteiger partial charge >= 0.3 is 0 Å². The molecule has 1 heterocycles. The Balaban J connectivity index is 2.12. The maximum Gasteiger partial charge on any atom is 0.261 e. The summed E-state index contributed by atoms with van der Waals surface area (Å²) in [4.78, 5) is 0. The van der Waals surface area contributed by atoms with E-state index in [1.54, 1.807) is 4.57 Å². The van der Waals surface area contributed by atoms with Crippen LogP contribution < -0.4 is 0 Å². The number of aliphatic hydroxyl groups excluding tert-OH is 1. The highest BCUT2D eigenvalue weighted by Crippen LogP contribution is 2.13. The van der Waals surface area contributed by atoms with Crippen molar-refractivity contribution in [1.29, 1.82) is 0 Å². The molecule has 5 nitrogen and oxygen atoms in total. The van der Waals surface area contributed by atoms with E-state index in [4.69, 9.17) is 4.74 Å². The molecule has 1 N–H and O–H groups in total. The molecule has 2 aromatic rings. The van der Waals surface area contributed by atoms with Gasteiger partial charge in [0.2, 0.25) is 0 Å². The lowest BCUT2D eigenvalue weighted by molar-refractivity contribution is 0.0182. The second-order valence-corrected chi connectivity index (χ2v) is 4.08. The van der Waals surface area contributed by atoms with Crippen molar-refractivity contribution < 1.29 is 18.6 Å². The molecule has 0 radical (unpaired) electrons. The number of para-hydroxylation sites is 1. The van der Waals surface area contributed by atoms with Crippen molar-refractivity contribution in [3.8, 4) is 5.69 Å². The largest absolute Gasteiger partial charge is 0.388 e. The Morgan fingerprint density at radius 2 is 1.85 bits per heavy atom. The fourth-order valence-electron chi connectivity index (χ4n) is 1.83. The lowest BCUT2D eigenvalue weighted by atomic mass is 10.3. The lowest BCUT2D eigenvalue weighted by Crippen LogP contribution is -2.11. The summed E-state index contributed by atoms with van der Waals surface area (Å²) in [6.45, 7) is -0.715. The number of halogens is 2. The van der Waals surface area contributed by atoms with Gasteiger partial charge in [-0.3, -0.25) is 4.57 Å². The Morgan fingerprint density at radius 3 is 2.50 bits per heavy atom. The molecule has 0 spiro atoms.